The van der Waals surface area contributed by atoms with E-state index in [2.05, 4.69) is 33.7 Å². The number of aromatic nitrogens is 3. The molecule has 3 rings (SSSR count). The molecule has 2 aromatic carbocycles. The highest BCUT2D eigenvalue weighted by atomic mass is 15.6. The van der Waals surface area contributed by atoms with E-state index in [4.69, 9.17) is 5.26 Å². The van der Waals surface area contributed by atoms with Crippen molar-refractivity contribution in [3.05, 3.63) is 72.3 Å². The predicted molar refractivity (Wildman–Crippen MR) is 88.7 cm³/mol. The average Bonchev–Trinajstić information content (AvgIpc) is 3.15. The van der Waals surface area contributed by atoms with Crippen LogP contribution >= 0.6 is 0 Å². The molecular weight excluding hydrogens is 288 g/mol. The fourth-order valence-corrected chi connectivity index (χ4v) is 2.28. The maximum atomic E-state index is 8.94. The van der Waals surface area contributed by atoms with Crippen molar-refractivity contribution in [2.45, 2.75) is 6.54 Å². The van der Waals surface area contributed by atoms with Gasteiger partial charge in [-0.25, -0.2) is 4.68 Å². The maximum Gasteiger partial charge on any atom is 0.139 e. The molecule has 1 heterocycles. The normalized spacial score (nSPS) is 10.1. The van der Waals surface area contributed by atoms with E-state index in [1.807, 2.05) is 41.0 Å². The van der Waals surface area contributed by atoms with Gasteiger partial charge in [-0.2, -0.15) is 5.26 Å². The Morgan fingerprint density at radius 1 is 1.04 bits per heavy atom. The number of nitriles is 1. The number of hydrogen-bond donors (Lipinski definition) is 1. The van der Waals surface area contributed by atoms with Gasteiger partial charge in [0.05, 0.1) is 23.9 Å². The largest absolute Gasteiger partial charge is 0.388 e. The molecule has 0 saturated heterocycles. The molecular formula is C17H16N6. The summed E-state index contributed by atoms with van der Waals surface area (Å²) >= 11 is 0. The van der Waals surface area contributed by atoms with Gasteiger partial charge in [0.15, 0.2) is 0 Å². The van der Waals surface area contributed by atoms with Gasteiger partial charge in [-0.3, -0.25) is 5.01 Å². The molecule has 6 heteroatoms. The minimum absolute atomic E-state index is 0.635. The standard InChI is InChI=1S/C17H16N6/c1-19-16-6-2-15(3-7-16)11-23(22-12-20-21-13-22)17-8-4-14(10-18)5-9-17/h2-9,12-13,19H,11H2,1H3. The second-order valence-electron chi connectivity index (χ2n) is 5.01. The minimum atomic E-state index is 0.635. The fourth-order valence-electron chi connectivity index (χ4n) is 2.28. The lowest BCUT2D eigenvalue weighted by Gasteiger charge is -2.25. The van der Waals surface area contributed by atoms with Gasteiger partial charge >= 0.3 is 0 Å². The molecule has 1 aromatic heterocycles. The molecule has 1 N–H and O–H groups in total. The van der Waals surface area contributed by atoms with E-state index in [-0.39, 0.29) is 0 Å². The Labute approximate surface area is 134 Å². The molecule has 0 aliphatic heterocycles. The Morgan fingerprint density at radius 2 is 1.70 bits per heavy atom. The highest BCUT2D eigenvalue weighted by Gasteiger charge is 2.10. The van der Waals surface area contributed by atoms with Gasteiger partial charge in [0.2, 0.25) is 0 Å². The van der Waals surface area contributed by atoms with Crippen LogP contribution in [0.15, 0.2) is 61.2 Å². The van der Waals surface area contributed by atoms with Crippen molar-refractivity contribution in [1.82, 2.24) is 14.9 Å². The van der Waals surface area contributed by atoms with Crippen LogP contribution in [0.1, 0.15) is 11.1 Å². The summed E-state index contributed by atoms with van der Waals surface area (Å²) in [6.07, 6.45) is 3.31. The van der Waals surface area contributed by atoms with E-state index in [0.29, 0.717) is 12.1 Å². The molecule has 6 nitrogen and oxygen atoms in total. The topological polar surface area (TPSA) is 69.8 Å². The number of nitrogens with one attached hydrogen (secondary N) is 1. The minimum Gasteiger partial charge on any atom is -0.388 e. The Morgan fingerprint density at radius 3 is 2.26 bits per heavy atom. The number of hydrogen-bond acceptors (Lipinski definition) is 5. The van der Waals surface area contributed by atoms with E-state index in [1.54, 1.807) is 24.8 Å². The van der Waals surface area contributed by atoms with Crippen molar-refractivity contribution in [3.8, 4) is 6.07 Å². The first-order valence-electron chi connectivity index (χ1n) is 7.19. The summed E-state index contributed by atoms with van der Waals surface area (Å²) in [5.74, 6) is 0. The number of nitrogens with zero attached hydrogens (tertiary/aromatic N) is 5. The lowest BCUT2D eigenvalue weighted by molar-refractivity contribution is 0.686. The number of rotatable bonds is 5. The second kappa shape index (κ2) is 6.62. The van der Waals surface area contributed by atoms with E-state index in [1.165, 1.54) is 0 Å². The molecule has 0 saturated carbocycles. The Bertz CT molecular complexity index is 785. The monoisotopic (exact) mass is 304 g/mol. The highest BCUT2D eigenvalue weighted by Crippen LogP contribution is 2.19. The molecule has 114 valence electrons. The Balaban J connectivity index is 1.90. The van der Waals surface area contributed by atoms with Crippen molar-refractivity contribution in [2.24, 2.45) is 0 Å². The first-order valence-corrected chi connectivity index (χ1v) is 7.19. The fraction of sp³-hybridized carbons (Fsp3) is 0.118. The van der Waals surface area contributed by atoms with E-state index >= 15 is 0 Å². The molecule has 0 amide bonds. The van der Waals surface area contributed by atoms with Gasteiger partial charge in [-0.1, -0.05) is 12.1 Å². The summed E-state index contributed by atoms with van der Waals surface area (Å²) in [5.41, 5.74) is 3.82. The molecule has 3 aromatic rings. The van der Waals surface area contributed by atoms with Crippen LogP contribution in [0.4, 0.5) is 11.4 Å². The first kappa shape index (κ1) is 14.6. The van der Waals surface area contributed by atoms with E-state index in [9.17, 15) is 0 Å². The van der Waals surface area contributed by atoms with Crippen LogP contribution in [0.3, 0.4) is 0 Å². The molecule has 23 heavy (non-hydrogen) atoms. The van der Waals surface area contributed by atoms with Gasteiger partial charge in [-0.15, -0.1) is 10.2 Å². The van der Waals surface area contributed by atoms with Crippen molar-refractivity contribution in [3.63, 3.8) is 0 Å². The van der Waals surface area contributed by atoms with Gasteiger partial charge in [-0.05, 0) is 42.0 Å². The van der Waals surface area contributed by atoms with Gasteiger partial charge in [0.25, 0.3) is 0 Å². The third kappa shape index (κ3) is 3.30. The SMILES string of the molecule is CNc1ccc(CN(c2ccc(C#N)cc2)n2cnnc2)cc1. The van der Waals surface area contributed by atoms with Crippen LogP contribution in [-0.4, -0.2) is 21.9 Å². The Hall–Kier alpha value is -3.33. The zero-order chi connectivity index (χ0) is 16.1. The first-order chi connectivity index (χ1) is 11.3. The lowest BCUT2D eigenvalue weighted by atomic mass is 10.2. The summed E-state index contributed by atoms with van der Waals surface area (Å²) in [6, 6.07) is 17.8. The molecule has 0 unspecified atom stereocenters. The lowest BCUT2D eigenvalue weighted by Crippen LogP contribution is -2.27. The summed E-state index contributed by atoms with van der Waals surface area (Å²) in [7, 11) is 1.90. The number of benzene rings is 2. The van der Waals surface area contributed by atoms with Crippen molar-refractivity contribution < 1.29 is 0 Å². The summed E-state index contributed by atoms with van der Waals surface area (Å²) in [6.45, 7) is 0.661. The van der Waals surface area contributed by atoms with Crippen LogP contribution in [-0.2, 0) is 6.54 Å². The summed E-state index contributed by atoms with van der Waals surface area (Å²) < 4.78 is 1.83. The van der Waals surface area contributed by atoms with Crippen LogP contribution in [0.25, 0.3) is 0 Å². The molecule has 0 bridgehead atoms. The zero-order valence-electron chi connectivity index (χ0n) is 12.7. The highest BCUT2D eigenvalue weighted by molar-refractivity contribution is 5.50. The van der Waals surface area contributed by atoms with Crippen LogP contribution in [0.2, 0.25) is 0 Å². The summed E-state index contributed by atoms with van der Waals surface area (Å²) in [5, 5.41) is 21.8. The van der Waals surface area contributed by atoms with Crippen molar-refractivity contribution >= 4 is 11.4 Å². The Kier molecular flexibility index (Phi) is 4.20. The van der Waals surface area contributed by atoms with Crippen LogP contribution in [0.5, 0.6) is 0 Å². The molecule has 0 aliphatic carbocycles. The molecule has 0 fully saturated rings. The zero-order valence-corrected chi connectivity index (χ0v) is 12.7. The van der Waals surface area contributed by atoms with Crippen molar-refractivity contribution in [2.75, 3.05) is 17.4 Å². The molecule has 0 spiro atoms. The van der Waals surface area contributed by atoms with E-state index in [0.717, 1.165) is 16.9 Å². The number of anilines is 2. The van der Waals surface area contributed by atoms with Crippen LogP contribution in [0, 0.1) is 11.3 Å². The molecule has 0 radical (unpaired) electrons. The molecule has 0 atom stereocenters. The predicted octanol–water partition coefficient (Wildman–Crippen LogP) is 2.66. The van der Waals surface area contributed by atoms with Gasteiger partial charge in [0.1, 0.15) is 12.7 Å². The van der Waals surface area contributed by atoms with Gasteiger partial charge < -0.3 is 5.32 Å². The third-order valence-electron chi connectivity index (χ3n) is 3.55. The smallest absolute Gasteiger partial charge is 0.139 e. The van der Waals surface area contributed by atoms with Crippen LogP contribution < -0.4 is 10.3 Å². The molecule has 0 aliphatic rings. The van der Waals surface area contributed by atoms with Gasteiger partial charge in [0, 0.05) is 12.7 Å². The summed E-state index contributed by atoms with van der Waals surface area (Å²) in [4.78, 5) is 0. The quantitative estimate of drug-likeness (QED) is 0.784. The third-order valence-corrected chi connectivity index (χ3v) is 3.55. The maximum absolute atomic E-state index is 8.94. The van der Waals surface area contributed by atoms with Crippen molar-refractivity contribution in [1.29, 1.82) is 5.26 Å². The average molecular weight is 304 g/mol. The second-order valence-corrected chi connectivity index (χ2v) is 5.01. The van der Waals surface area contributed by atoms with E-state index < -0.39 is 0 Å².